The van der Waals surface area contributed by atoms with Gasteiger partial charge in [0.05, 0.1) is 11.0 Å². The van der Waals surface area contributed by atoms with Gasteiger partial charge in [-0.3, -0.25) is 0 Å². The van der Waals surface area contributed by atoms with Gasteiger partial charge in [0, 0.05) is 64.1 Å². The highest BCUT2D eigenvalue weighted by Crippen LogP contribution is 2.45. The maximum atomic E-state index is 6.51. The minimum Gasteiger partial charge on any atom is -0.456 e. The number of benzene rings is 7. The number of nitrogens with zero attached hydrogens (tertiary/aromatic N) is 4. The predicted molar refractivity (Wildman–Crippen MR) is 211 cm³/mol. The zero-order valence-corrected chi connectivity index (χ0v) is 27.9. The number of aromatic nitrogens is 4. The molecule has 0 atom stereocenters. The van der Waals surface area contributed by atoms with Crippen molar-refractivity contribution < 1.29 is 4.42 Å². The molecule has 0 saturated carbocycles. The summed E-state index contributed by atoms with van der Waals surface area (Å²) in [5.74, 6) is 1.96. The van der Waals surface area contributed by atoms with Gasteiger partial charge in [-0.05, 0) is 48.5 Å². The summed E-state index contributed by atoms with van der Waals surface area (Å²) in [6.45, 7) is 0. The summed E-state index contributed by atoms with van der Waals surface area (Å²) in [6.07, 6.45) is 0. The van der Waals surface area contributed by atoms with Gasteiger partial charge in [-0.1, -0.05) is 109 Å². The second-order valence-corrected chi connectivity index (χ2v) is 13.8. The van der Waals surface area contributed by atoms with E-state index in [9.17, 15) is 0 Å². The number of hydrogen-bond donors (Lipinski definition) is 0. The average Bonchev–Trinajstić information content (AvgIpc) is 3.87. The Hall–Kier alpha value is -6.63. The highest BCUT2D eigenvalue weighted by Gasteiger charge is 2.20. The Morgan fingerprint density at radius 2 is 1.00 bits per heavy atom. The first-order chi connectivity index (χ1) is 25.3. The molecule has 0 fully saturated rings. The van der Waals surface area contributed by atoms with Crippen LogP contribution >= 0.6 is 11.3 Å². The first-order valence-corrected chi connectivity index (χ1v) is 17.8. The number of rotatable bonds is 4. The maximum absolute atomic E-state index is 6.51. The summed E-state index contributed by atoms with van der Waals surface area (Å²) >= 11 is 1.78. The Morgan fingerprint density at radius 3 is 1.69 bits per heavy atom. The number of fused-ring (bicyclic) bond motifs is 10. The molecule has 0 radical (unpaired) electrons. The number of furan rings is 1. The predicted octanol–water partition coefficient (Wildman–Crippen LogP) is 12.2. The van der Waals surface area contributed by atoms with Crippen molar-refractivity contribution in [3.8, 4) is 39.9 Å². The summed E-state index contributed by atoms with van der Waals surface area (Å²) in [4.78, 5) is 15.1. The lowest BCUT2D eigenvalue weighted by Crippen LogP contribution is -2.00. The van der Waals surface area contributed by atoms with Gasteiger partial charge in [0.25, 0.3) is 0 Å². The molecule has 0 aliphatic heterocycles. The molecule has 0 N–H and O–H groups in total. The lowest BCUT2D eigenvalue weighted by Gasteiger charge is -2.09. The average molecular weight is 671 g/mol. The first-order valence-electron chi connectivity index (χ1n) is 16.9. The molecule has 11 aromatic rings. The molecule has 0 aliphatic rings. The van der Waals surface area contributed by atoms with Crippen molar-refractivity contribution in [2.24, 2.45) is 0 Å². The van der Waals surface area contributed by atoms with Crippen LogP contribution < -0.4 is 0 Å². The Kier molecular flexibility index (Phi) is 6.05. The smallest absolute Gasteiger partial charge is 0.165 e. The minimum atomic E-state index is 0.651. The van der Waals surface area contributed by atoms with E-state index in [1.165, 1.54) is 37.3 Å². The molecule has 11 rings (SSSR count). The quantitative estimate of drug-likeness (QED) is 0.187. The van der Waals surface area contributed by atoms with Crippen molar-refractivity contribution in [2.45, 2.75) is 0 Å². The van der Waals surface area contributed by atoms with Crippen molar-refractivity contribution in [1.82, 2.24) is 19.5 Å². The molecule has 7 aromatic carbocycles. The highest BCUT2D eigenvalue weighted by molar-refractivity contribution is 7.27. The van der Waals surface area contributed by atoms with Crippen LogP contribution in [0.4, 0.5) is 0 Å². The van der Waals surface area contributed by atoms with Crippen LogP contribution in [0.3, 0.4) is 0 Å². The molecule has 5 nitrogen and oxygen atoms in total. The van der Waals surface area contributed by atoms with Gasteiger partial charge < -0.3 is 8.98 Å². The molecule has 0 unspecified atom stereocenters. The van der Waals surface area contributed by atoms with Gasteiger partial charge in [-0.15, -0.1) is 11.3 Å². The molecule has 0 spiro atoms. The standard InChI is InChI=1S/C45H26N4OS/c1-3-12-27(13-4-1)43-46-44(28-14-5-2-6-15-28)48-45(47-43)34-19-11-18-32-33-23-25-39-40(42(33)51-41(32)34)35-26-29(22-24-38(35)50-39)49-36-20-9-7-16-30(36)31-17-8-10-21-37(31)49/h1-26H. The zero-order valence-electron chi connectivity index (χ0n) is 27.1. The van der Waals surface area contributed by atoms with E-state index in [0.29, 0.717) is 17.5 Å². The van der Waals surface area contributed by atoms with Gasteiger partial charge in [0.15, 0.2) is 17.5 Å². The largest absolute Gasteiger partial charge is 0.456 e. The Labute approximate surface area is 295 Å². The summed E-state index contributed by atoms with van der Waals surface area (Å²) in [5.41, 5.74) is 8.11. The second-order valence-electron chi connectivity index (χ2n) is 12.8. The van der Waals surface area contributed by atoms with Crippen LogP contribution in [0.5, 0.6) is 0 Å². The van der Waals surface area contributed by atoms with Crippen molar-refractivity contribution in [3.05, 3.63) is 158 Å². The van der Waals surface area contributed by atoms with Crippen molar-refractivity contribution in [2.75, 3.05) is 0 Å². The Morgan fingerprint density at radius 1 is 0.431 bits per heavy atom. The van der Waals surface area contributed by atoms with E-state index in [1.54, 1.807) is 11.3 Å². The lowest BCUT2D eigenvalue weighted by atomic mass is 10.1. The maximum Gasteiger partial charge on any atom is 0.165 e. The second kappa shape index (κ2) is 10.9. The summed E-state index contributed by atoms with van der Waals surface area (Å²) in [5, 5.41) is 7.08. The minimum absolute atomic E-state index is 0.651. The van der Waals surface area contributed by atoms with Crippen LogP contribution in [0.2, 0.25) is 0 Å². The normalized spacial score (nSPS) is 11.9. The molecule has 0 bridgehead atoms. The van der Waals surface area contributed by atoms with E-state index in [-0.39, 0.29) is 0 Å². The molecule has 6 heteroatoms. The van der Waals surface area contributed by atoms with Crippen LogP contribution in [0.25, 0.3) is 104 Å². The third-order valence-electron chi connectivity index (χ3n) is 9.86. The molecule has 0 amide bonds. The van der Waals surface area contributed by atoms with Crippen LogP contribution in [-0.2, 0) is 0 Å². The first kappa shape index (κ1) is 28.2. The monoisotopic (exact) mass is 670 g/mol. The van der Waals surface area contributed by atoms with E-state index in [2.05, 4.69) is 102 Å². The molecule has 51 heavy (non-hydrogen) atoms. The number of para-hydroxylation sites is 2. The molecule has 4 heterocycles. The zero-order chi connectivity index (χ0) is 33.5. The van der Waals surface area contributed by atoms with Crippen LogP contribution in [-0.4, -0.2) is 19.5 Å². The van der Waals surface area contributed by atoms with E-state index in [0.717, 1.165) is 49.0 Å². The van der Waals surface area contributed by atoms with Crippen LogP contribution in [0.15, 0.2) is 162 Å². The number of thiophene rings is 1. The third kappa shape index (κ3) is 4.30. The van der Waals surface area contributed by atoms with Gasteiger partial charge >= 0.3 is 0 Å². The van der Waals surface area contributed by atoms with Gasteiger partial charge in [-0.25, -0.2) is 15.0 Å². The van der Waals surface area contributed by atoms with E-state index in [1.807, 2.05) is 60.7 Å². The SMILES string of the molecule is c1ccc(-c2nc(-c3ccccc3)nc(-c3cccc4c3sc3c4ccc4oc5ccc(-n6c7ccccc7c7ccccc76)cc5c43)n2)cc1. The third-order valence-corrected chi connectivity index (χ3v) is 11.1. The van der Waals surface area contributed by atoms with E-state index >= 15 is 0 Å². The van der Waals surface area contributed by atoms with Crippen LogP contribution in [0, 0.1) is 0 Å². The molecule has 4 aromatic heterocycles. The van der Waals surface area contributed by atoms with E-state index in [4.69, 9.17) is 19.4 Å². The topological polar surface area (TPSA) is 56.7 Å². The highest BCUT2D eigenvalue weighted by atomic mass is 32.1. The Bertz CT molecular complexity index is 3030. The van der Waals surface area contributed by atoms with Gasteiger partial charge in [0.2, 0.25) is 0 Å². The molecule has 0 aliphatic carbocycles. The van der Waals surface area contributed by atoms with Gasteiger partial charge in [-0.2, -0.15) is 0 Å². The van der Waals surface area contributed by atoms with E-state index < -0.39 is 0 Å². The lowest BCUT2D eigenvalue weighted by molar-refractivity contribution is 0.669. The molecular formula is C45H26N4OS. The summed E-state index contributed by atoms with van der Waals surface area (Å²) in [7, 11) is 0. The van der Waals surface area contributed by atoms with Crippen molar-refractivity contribution in [1.29, 1.82) is 0 Å². The molecular weight excluding hydrogens is 645 g/mol. The number of hydrogen-bond acceptors (Lipinski definition) is 5. The van der Waals surface area contributed by atoms with Crippen LogP contribution in [0.1, 0.15) is 0 Å². The van der Waals surface area contributed by atoms with Gasteiger partial charge in [0.1, 0.15) is 11.2 Å². The summed E-state index contributed by atoms with van der Waals surface area (Å²) in [6, 6.07) is 54.8. The fraction of sp³-hybridized carbons (Fsp3) is 0. The Balaban J connectivity index is 1.16. The molecule has 0 saturated heterocycles. The van der Waals surface area contributed by atoms with Crippen molar-refractivity contribution >= 4 is 75.3 Å². The summed E-state index contributed by atoms with van der Waals surface area (Å²) < 4.78 is 11.2. The fourth-order valence-corrected chi connectivity index (χ4v) is 8.91. The van der Waals surface area contributed by atoms with Crippen molar-refractivity contribution in [3.63, 3.8) is 0 Å². The molecule has 238 valence electrons. The fourth-order valence-electron chi connectivity index (χ4n) is 7.55.